The van der Waals surface area contributed by atoms with Crippen molar-refractivity contribution in [2.75, 3.05) is 0 Å². The van der Waals surface area contributed by atoms with Crippen LogP contribution in [0.5, 0.6) is 0 Å². The summed E-state index contributed by atoms with van der Waals surface area (Å²) < 4.78 is 0. The lowest BCUT2D eigenvalue weighted by molar-refractivity contribution is -0.129. The molecule has 1 unspecified atom stereocenters. The van der Waals surface area contributed by atoms with E-state index in [9.17, 15) is 4.79 Å². The first-order valence-electron chi connectivity index (χ1n) is 4.53. The van der Waals surface area contributed by atoms with Gasteiger partial charge in [-0.3, -0.25) is 4.79 Å². The molecule has 2 heteroatoms. The van der Waals surface area contributed by atoms with E-state index in [2.05, 4.69) is 27.7 Å². The molecule has 0 saturated heterocycles. The molecule has 0 heterocycles. The number of rotatable bonds is 0. The van der Waals surface area contributed by atoms with Gasteiger partial charge in [-0.05, 0) is 17.3 Å². The molecule has 1 saturated carbocycles. The fourth-order valence-electron chi connectivity index (χ4n) is 2.42. The Morgan fingerprint density at radius 3 is 2.25 bits per heavy atom. The summed E-state index contributed by atoms with van der Waals surface area (Å²) in [5, 5.41) is 0. The Kier molecular flexibility index (Phi) is 2.07. The van der Waals surface area contributed by atoms with Crippen molar-refractivity contribution in [2.24, 2.45) is 16.6 Å². The van der Waals surface area contributed by atoms with Gasteiger partial charge in [0.25, 0.3) is 0 Å². The molecule has 1 aliphatic rings. The number of ketones is 1. The first kappa shape index (κ1) is 9.72. The Balaban J connectivity index is 2.87. The fourth-order valence-corrected chi connectivity index (χ4v) is 2.42. The van der Waals surface area contributed by atoms with E-state index in [1.54, 1.807) is 0 Å². The molecule has 0 radical (unpaired) electrons. The van der Waals surface area contributed by atoms with Crippen LogP contribution in [0.15, 0.2) is 0 Å². The molecular formula is C10H19NO. The lowest BCUT2D eigenvalue weighted by atomic mass is 9.62. The smallest absolute Gasteiger partial charge is 0.150 e. The Morgan fingerprint density at radius 1 is 1.33 bits per heavy atom. The van der Waals surface area contributed by atoms with Crippen LogP contribution >= 0.6 is 0 Å². The van der Waals surface area contributed by atoms with Crippen molar-refractivity contribution in [1.82, 2.24) is 0 Å². The summed E-state index contributed by atoms with van der Waals surface area (Å²) in [6.45, 7) is 8.43. The summed E-state index contributed by atoms with van der Waals surface area (Å²) in [7, 11) is 0. The van der Waals surface area contributed by atoms with Gasteiger partial charge in [-0.25, -0.2) is 0 Å². The minimum atomic E-state index is -0.259. The van der Waals surface area contributed by atoms with Gasteiger partial charge >= 0.3 is 0 Å². The van der Waals surface area contributed by atoms with Gasteiger partial charge in [-0.15, -0.1) is 0 Å². The van der Waals surface area contributed by atoms with Crippen molar-refractivity contribution in [3.63, 3.8) is 0 Å². The lowest BCUT2D eigenvalue weighted by Crippen LogP contribution is -2.51. The SMILES string of the molecule is CC1(C)CC(=O)C(N)C(C)(C)C1. The Hall–Kier alpha value is -0.370. The second-order valence-electron chi connectivity index (χ2n) is 5.45. The average Bonchev–Trinajstić information content (AvgIpc) is 1.79. The molecule has 1 rings (SSSR count). The standard InChI is InChI=1S/C10H19NO/c1-9(2)5-7(12)8(11)10(3,4)6-9/h8H,5-6,11H2,1-4H3. The Labute approximate surface area is 74.5 Å². The van der Waals surface area contributed by atoms with Gasteiger partial charge < -0.3 is 5.73 Å². The molecule has 0 aromatic carbocycles. The van der Waals surface area contributed by atoms with Gasteiger partial charge in [-0.2, -0.15) is 0 Å². The highest BCUT2D eigenvalue weighted by molar-refractivity contribution is 5.86. The number of hydrogen-bond acceptors (Lipinski definition) is 2. The minimum Gasteiger partial charge on any atom is -0.321 e. The number of nitrogens with two attached hydrogens (primary N) is 1. The molecule has 1 fully saturated rings. The number of Topliss-reactive ketones (excluding diaryl/α,β-unsaturated/α-hetero) is 1. The van der Waals surface area contributed by atoms with Crippen LogP contribution in [0.25, 0.3) is 0 Å². The molecule has 0 aromatic rings. The van der Waals surface area contributed by atoms with E-state index >= 15 is 0 Å². The topological polar surface area (TPSA) is 43.1 Å². The van der Waals surface area contributed by atoms with Crippen molar-refractivity contribution in [3.05, 3.63) is 0 Å². The van der Waals surface area contributed by atoms with E-state index in [1.807, 2.05) is 0 Å². The molecule has 70 valence electrons. The molecule has 1 aliphatic carbocycles. The van der Waals surface area contributed by atoms with Crippen molar-refractivity contribution in [2.45, 2.75) is 46.6 Å². The zero-order valence-corrected chi connectivity index (χ0v) is 8.48. The van der Waals surface area contributed by atoms with E-state index in [0.29, 0.717) is 6.42 Å². The first-order chi connectivity index (χ1) is 5.25. The Morgan fingerprint density at radius 2 is 1.83 bits per heavy atom. The van der Waals surface area contributed by atoms with Crippen LogP contribution in [0.4, 0.5) is 0 Å². The van der Waals surface area contributed by atoms with Crippen molar-refractivity contribution in [1.29, 1.82) is 0 Å². The van der Waals surface area contributed by atoms with Crippen molar-refractivity contribution >= 4 is 5.78 Å². The van der Waals surface area contributed by atoms with Crippen LogP contribution in [-0.4, -0.2) is 11.8 Å². The maximum atomic E-state index is 11.5. The van der Waals surface area contributed by atoms with E-state index in [1.165, 1.54) is 0 Å². The third-order valence-electron chi connectivity index (χ3n) is 2.78. The molecule has 12 heavy (non-hydrogen) atoms. The largest absolute Gasteiger partial charge is 0.321 e. The minimum absolute atomic E-state index is 0.0289. The molecule has 2 N–H and O–H groups in total. The second kappa shape index (κ2) is 2.56. The van der Waals surface area contributed by atoms with Crippen LogP contribution < -0.4 is 5.73 Å². The maximum Gasteiger partial charge on any atom is 0.150 e. The Bertz CT molecular complexity index is 206. The van der Waals surface area contributed by atoms with Gasteiger partial charge in [0.2, 0.25) is 0 Å². The highest BCUT2D eigenvalue weighted by Gasteiger charge is 2.43. The molecule has 0 amide bonds. The third kappa shape index (κ3) is 1.69. The molecule has 1 atom stereocenters. The lowest BCUT2D eigenvalue weighted by Gasteiger charge is -2.43. The number of carbonyl (C=O) groups excluding carboxylic acids is 1. The van der Waals surface area contributed by atoms with Crippen LogP contribution in [0.1, 0.15) is 40.5 Å². The fraction of sp³-hybridized carbons (Fsp3) is 0.900. The summed E-state index contributed by atoms with van der Waals surface area (Å²) in [5.41, 5.74) is 5.93. The highest BCUT2D eigenvalue weighted by atomic mass is 16.1. The summed E-state index contributed by atoms with van der Waals surface area (Å²) in [4.78, 5) is 11.5. The third-order valence-corrected chi connectivity index (χ3v) is 2.78. The summed E-state index contributed by atoms with van der Waals surface area (Å²) in [6, 6.07) is -0.259. The maximum absolute atomic E-state index is 11.5. The van der Waals surface area contributed by atoms with E-state index in [-0.39, 0.29) is 22.7 Å². The zero-order chi connectivity index (χ0) is 9.57. The van der Waals surface area contributed by atoms with E-state index in [0.717, 1.165) is 6.42 Å². The molecule has 0 aliphatic heterocycles. The molecule has 0 aromatic heterocycles. The highest BCUT2D eigenvalue weighted by Crippen LogP contribution is 2.43. The molecule has 0 spiro atoms. The van der Waals surface area contributed by atoms with Gasteiger partial charge in [0, 0.05) is 6.42 Å². The number of hydrogen-bond donors (Lipinski definition) is 1. The van der Waals surface area contributed by atoms with Gasteiger partial charge in [-0.1, -0.05) is 27.7 Å². The van der Waals surface area contributed by atoms with Gasteiger partial charge in [0.15, 0.2) is 5.78 Å². The first-order valence-corrected chi connectivity index (χ1v) is 4.53. The monoisotopic (exact) mass is 169 g/mol. The summed E-state index contributed by atoms with van der Waals surface area (Å²) in [6.07, 6.45) is 1.67. The molecular weight excluding hydrogens is 150 g/mol. The van der Waals surface area contributed by atoms with Crippen LogP contribution in [0, 0.1) is 10.8 Å². The van der Waals surface area contributed by atoms with Crippen LogP contribution in [0.2, 0.25) is 0 Å². The predicted octanol–water partition coefficient (Wildman–Crippen LogP) is 1.73. The van der Waals surface area contributed by atoms with E-state index in [4.69, 9.17) is 5.73 Å². The van der Waals surface area contributed by atoms with Crippen molar-refractivity contribution in [3.8, 4) is 0 Å². The van der Waals surface area contributed by atoms with Gasteiger partial charge in [0.05, 0.1) is 6.04 Å². The number of carbonyl (C=O) groups is 1. The predicted molar refractivity (Wildman–Crippen MR) is 49.8 cm³/mol. The summed E-state index contributed by atoms with van der Waals surface area (Å²) in [5.74, 6) is 0.219. The van der Waals surface area contributed by atoms with Gasteiger partial charge in [0.1, 0.15) is 0 Å². The van der Waals surface area contributed by atoms with Crippen molar-refractivity contribution < 1.29 is 4.79 Å². The van der Waals surface area contributed by atoms with E-state index < -0.39 is 0 Å². The van der Waals surface area contributed by atoms with Crippen LogP contribution in [0.3, 0.4) is 0 Å². The van der Waals surface area contributed by atoms with Crippen LogP contribution in [-0.2, 0) is 4.79 Å². The quantitative estimate of drug-likeness (QED) is 0.600. The molecule has 0 bridgehead atoms. The average molecular weight is 169 g/mol. The second-order valence-corrected chi connectivity index (χ2v) is 5.45. The molecule has 2 nitrogen and oxygen atoms in total. The normalized spacial score (nSPS) is 33.4. The zero-order valence-electron chi connectivity index (χ0n) is 8.48. The summed E-state index contributed by atoms with van der Waals surface area (Å²) >= 11 is 0.